The van der Waals surface area contributed by atoms with E-state index in [1.807, 2.05) is 31.2 Å². The Bertz CT molecular complexity index is 976. The third-order valence-corrected chi connectivity index (χ3v) is 3.57. The predicted molar refractivity (Wildman–Crippen MR) is 99.1 cm³/mol. The van der Waals surface area contributed by atoms with Gasteiger partial charge in [-0.2, -0.15) is 4.98 Å². The summed E-state index contributed by atoms with van der Waals surface area (Å²) in [6.45, 7) is 1.94. The quantitative estimate of drug-likeness (QED) is 0.524. The van der Waals surface area contributed by atoms with Crippen LogP contribution in [0.15, 0.2) is 48.7 Å². The minimum absolute atomic E-state index is 0.0923. The van der Waals surface area contributed by atoms with Crippen LogP contribution in [0, 0.1) is 12.7 Å². The Labute approximate surface area is 149 Å². The van der Waals surface area contributed by atoms with Gasteiger partial charge in [-0.15, -0.1) is 0 Å². The van der Waals surface area contributed by atoms with Gasteiger partial charge in [-0.25, -0.2) is 9.37 Å². The molecule has 0 fully saturated rings. The van der Waals surface area contributed by atoms with E-state index in [4.69, 9.17) is 11.5 Å². The van der Waals surface area contributed by atoms with Gasteiger partial charge in [0.15, 0.2) is 0 Å². The van der Waals surface area contributed by atoms with Gasteiger partial charge in [0.2, 0.25) is 5.95 Å². The molecule has 2 aromatic carbocycles. The van der Waals surface area contributed by atoms with Crippen LogP contribution in [0.5, 0.6) is 0 Å². The number of nitrogens with one attached hydrogen (secondary N) is 2. The summed E-state index contributed by atoms with van der Waals surface area (Å²) in [6.07, 6.45) is 1.28. The van der Waals surface area contributed by atoms with Gasteiger partial charge in [0, 0.05) is 17.6 Å². The van der Waals surface area contributed by atoms with Crippen LogP contribution in [-0.4, -0.2) is 15.9 Å². The van der Waals surface area contributed by atoms with Crippen molar-refractivity contribution in [3.63, 3.8) is 0 Å². The summed E-state index contributed by atoms with van der Waals surface area (Å²) in [7, 11) is 0. The first-order chi connectivity index (χ1) is 12.4. The van der Waals surface area contributed by atoms with E-state index < -0.39 is 11.7 Å². The molecular formula is C18H17FN6O. The Hall–Kier alpha value is -3.68. The largest absolute Gasteiger partial charge is 0.399 e. The number of benzene rings is 2. The van der Waals surface area contributed by atoms with Gasteiger partial charge in [0.25, 0.3) is 5.91 Å². The molecule has 132 valence electrons. The van der Waals surface area contributed by atoms with Gasteiger partial charge in [-0.05, 0) is 42.8 Å². The standard InChI is InChI=1S/C18H17FN6O/c1-10-3-2-4-12(7-10)23-17-13(16(21)26)9-22-18(25-17)24-15-8-11(20)5-6-14(15)19/h2-9H,20H2,1H3,(H2,21,26)(H2,22,23,24,25). The fourth-order valence-electron chi connectivity index (χ4n) is 2.34. The monoisotopic (exact) mass is 352 g/mol. The van der Waals surface area contributed by atoms with Gasteiger partial charge in [0.05, 0.1) is 5.69 Å². The molecule has 1 heterocycles. The Balaban J connectivity index is 1.95. The van der Waals surface area contributed by atoms with Crippen molar-refractivity contribution in [1.29, 1.82) is 0 Å². The highest BCUT2D eigenvalue weighted by Gasteiger charge is 2.14. The van der Waals surface area contributed by atoms with Crippen molar-refractivity contribution in [3.8, 4) is 0 Å². The first-order valence-corrected chi connectivity index (χ1v) is 7.75. The lowest BCUT2D eigenvalue weighted by Crippen LogP contribution is -2.16. The molecule has 0 spiro atoms. The lowest BCUT2D eigenvalue weighted by atomic mass is 10.2. The Morgan fingerprint density at radius 3 is 2.69 bits per heavy atom. The van der Waals surface area contributed by atoms with Crippen LogP contribution in [0.2, 0.25) is 0 Å². The number of amides is 1. The van der Waals surface area contributed by atoms with Crippen molar-refractivity contribution in [3.05, 3.63) is 65.6 Å². The third kappa shape index (κ3) is 3.86. The van der Waals surface area contributed by atoms with Crippen LogP contribution in [0.1, 0.15) is 15.9 Å². The van der Waals surface area contributed by atoms with Gasteiger partial charge in [0.1, 0.15) is 17.2 Å². The molecule has 6 N–H and O–H groups in total. The fourth-order valence-corrected chi connectivity index (χ4v) is 2.34. The van der Waals surface area contributed by atoms with E-state index in [0.717, 1.165) is 11.3 Å². The summed E-state index contributed by atoms with van der Waals surface area (Å²) in [4.78, 5) is 19.9. The van der Waals surface area contributed by atoms with Crippen LogP contribution >= 0.6 is 0 Å². The summed E-state index contributed by atoms with van der Waals surface area (Å²) in [5.74, 6) is -0.878. The Kier molecular flexibility index (Phi) is 4.66. The second-order valence-corrected chi connectivity index (χ2v) is 5.68. The number of carbonyl (C=O) groups excluding carboxylic acids is 1. The highest BCUT2D eigenvalue weighted by Crippen LogP contribution is 2.24. The molecule has 0 bridgehead atoms. The summed E-state index contributed by atoms with van der Waals surface area (Å²) >= 11 is 0. The number of halogens is 1. The smallest absolute Gasteiger partial charge is 0.254 e. The van der Waals surface area contributed by atoms with Crippen LogP contribution in [-0.2, 0) is 0 Å². The van der Waals surface area contributed by atoms with E-state index in [1.54, 1.807) is 0 Å². The normalized spacial score (nSPS) is 10.4. The molecule has 8 heteroatoms. The number of nitrogens with zero attached hydrogens (tertiary/aromatic N) is 2. The lowest BCUT2D eigenvalue weighted by molar-refractivity contribution is 0.100. The zero-order chi connectivity index (χ0) is 18.7. The van der Waals surface area contributed by atoms with Crippen molar-refractivity contribution in [1.82, 2.24) is 9.97 Å². The average Bonchev–Trinajstić information content (AvgIpc) is 2.58. The molecule has 0 saturated carbocycles. The molecule has 3 rings (SSSR count). The van der Waals surface area contributed by atoms with E-state index in [0.29, 0.717) is 5.69 Å². The molecule has 1 aromatic heterocycles. The van der Waals surface area contributed by atoms with Crippen molar-refractivity contribution < 1.29 is 9.18 Å². The molecule has 0 aliphatic carbocycles. The maximum absolute atomic E-state index is 13.9. The maximum atomic E-state index is 13.9. The first kappa shape index (κ1) is 17.2. The topological polar surface area (TPSA) is 119 Å². The first-order valence-electron chi connectivity index (χ1n) is 7.75. The number of aryl methyl sites for hydroxylation is 1. The molecule has 3 aromatic rings. The van der Waals surface area contributed by atoms with Gasteiger partial charge in [-0.1, -0.05) is 12.1 Å². The fraction of sp³-hybridized carbons (Fsp3) is 0.0556. The van der Waals surface area contributed by atoms with E-state index in [2.05, 4.69) is 20.6 Å². The second-order valence-electron chi connectivity index (χ2n) is 5.68. The average molecular weight is 352 g/mol. The number of nitrogens with two attached hydrogens (primary N) is 2. The second kappa shape index (κ2) is 7.06. The Morgan fingerprint density at radius 1 is 1.15 bits per heavy atom. The number of primary amides is 1. The minimum atomic E-state index is -0.679. The van der Waals surface area contributed by atoms with E-state index in [1.165, 1.54) is 24.4 Å². The molecule has 0 radical (unpaired) electrons. The van der Waals surface area contributed by atoms with Gasteiger partial charge < -0.3 is 22.1 Å². The number of aromatic nitrogens is 2. The van der Waals surface area contributed by atoms with Crippen LogP contribution in [0.4, 0.5) is 33.2 Å². The van der Waals surface area contributed by atoms with Gasteiger partial charge in [-0.3, -0.25) is 4.79 Å². The molecule has 1 amide bonds. The maximum Gasteiger partial charge on any atom is 0.254 e. The third-order valence-electron chi connectivity index (χ3n) is 3.57. The molecule has 26 heavy (non-hydrogen) atoms. The molecule has 0 atom stereocenters. The summed E-state index contributed by atoms with van der Waals surface area (Å²) in [5, 5.41) is 5.78. The van der Waals surface area contributed by atoms with Crippen molar-refractivity contribution in [2.45, 2.75) is 6.92 Å². The van der Waals surface area contributed by atoms with Crippen molar-refractivity contribution >= 4 is 34.7 Å². The summed E-state index contributed by atoms with van der Waals surface area (Å²) < 4.78 is 13.9. The highest BCUT2D eigenvalue weighted by atomic mass is 19.1. The molecule has 0 saturated heterocycles. The highest BCUT2D eigenvalue weighted by molar-refractivity contribution is 5.98. The number of hydrogen-bond acceptors (Lipinski definition) is 6. The SMILES string of the molecule is Cc1cccc(Nc2nc(Nc3cc(N)ccc3F)ncc2C(N)=O)c1. The minimum Gasteiger partial charge on any atom is -0.399 e. The summed E-state index contributed by atoms with van der Waals surface area (Å²) in [6, 6.07) is 11.6. The van der Waals surface area contributed by atoms with Crippen molar-refractivity contribution in [2.75, 3.05) is 16.4 Å². The predicted octanol–water partition coefficient (Wildman–Crippen LogP) is 3.09. The number of hydrogen-bond donors (Lipinski definition) is 4. The van der Waals surface area contributed by atoms with Crippen LogP contribution in [0.25, 0.3) is 0 Å². The molecule has 7 nitrogen and oxygen atoms in total. The number of anilines is 5. The molecule has 0 aliphatic rings. The van der Waals surface area contributed by atoms with E-state index in [-0.39, 0.29) is 23.0 Å². The number of carbonyl (C=O) groups is 1. The molecule has 0 aliphatic heterocycles. The van der Waals surface area contributed by atoms with Crippen molar-refractivity contribution in [2.24, 2.45) is 5.73 Å². The molecule has 0 unspecified atom stereocenters. The van der Waals surface area contributed by atoms with Crippen LogP contribution in [0.3, 0.4) is 0 Å². The van der Waals surface area contributed by atoms with E-state index >= 15 is 0 Å². The zero-order valence-corrected chi connectivity index (χ0v) is 14.0. The molecular weight excluding hydrogens is 335 g/mol. The number of rotatable bonds is 5. The Morgan fingerprint density at radius 2 is 1.96 bits per heavy atom. The zero-order valence-electron chi connectivity index (χ0n) is 14.0. The van der Waals surface area contributed by atoms with E-state index in [9.17, 15) is 9.18 Å². The lowest BCUT2D eigenvalue weighted by Gasteiger charge is -2.12. The van der Waals surface area contributed by atoms with Gasteiger partial charge >= 0.3 is 0 Å². The summed E-state index contributed by atoms with van der Waals surface area (Å²) in [5.41, 5.74) is 13.4. The number of nitrogen functional groups attached to an aromatic ring is 1. The van der Waals surface area contributed by atoms with Crippen LogP contribution < -0.4 is 22.1 Å².